The quantitative estimate of drug-likeness (QED) is 0.866. The molecular formula is C13H11F3N2O2. The van der Waals surface area contributed by atoms with E-state index < -0.39 is 28.8 Å². The molecule has 0 bridgehead atoms. The van der Waals surface area contributed by atoms with Gasteiger partial charge in [0.15, 0.2) is 0 Å². The summed E-state index contributed by atoms with van der Waals surface area (Å²) in [6, 6.07) is 4.38. The van der Waals surface area contributed by atoms with Crippen LogP contribution >= 0.6 is 0 Å². The highest BCUT2D eigenvalue weighted by Gasteiger charge is 2.35. The Bertz CT molecular complexity index is 599. The third kappa shape index (κ3) is 3.51. The van der Waals surface area contributed by atoms with Crippen molar-refractivity contribution >= 4 is 11.5 Å². The lowest BCUT2D eigenvalue weighted by Gasteiger charge is -2.15. The van der Waals surface area contributed by atoms with Crippen LogP contribution < -0.4 is 0 Å². The second-order valence-electron chi connectivity index (χ2n) is 4.18. The summed E-state index contributed by atoms with van der Waals surface area (Å²) in [5.41, 5.74) is -2.30. The van der Waals surface area contributed by atoms with Crippen LogP contribution in [0.1, 0.15) is 16.7 Å². The number of alkyl halides is 3. The van der Waals surface area contributed by atoms with Gasteiger partial charge in [-0.25, -0.2) is 4.79 Å². The first-order chi connectivity index (χ1) is 9.16. The molecule has 0 aromatic heterocycles. The molecule has 0 aliphatic heterocycles. The number of carboxylic acid groups (broad SMARTS) is 1. The normalized spacial score (nSPS) is 11.9. The number of halogens is 3. The monoisotopic (exact) mass is 284 g/mol. The van der Waals surface area contributed by atoms with E-state index in [1.165, 1.54) is 19.0 Å². The van der Waals surface area contributed by atoms with Crippen LogP contribution in [0.2, 0.25) is 0 Å². The average Bonchev–Trinajstić information content (AvgIpc) is 2.33. The van der Waals surface area contributed by atoms with E-state index in [9.17, 15) is 18.0 Å². The molecule has 0 heterocycles. The highest BCUT2D eigenvalue weighted by atomic mass is 19.4. The molecule has 0 saturated heterocycles. The van der Waals surface area contributed by atoms with Crippen molar-refractivity contribution in [1.29, 1.82) is 5.26 Å². The third-order valence-electron chi connectivity index (χ3n) is 2.36. The molecule has 0 fully saturated rings. The molecule has 0 spiro atoms. The second-order valence-corrected chi connectivity index (χ2v) is 4.18. The average molecular weight is 284 g/mol. The first-order valence-electron chi connectivity index (χ1n) is 5.40. The SMILES string of the molecule is CN(C)C=C(C(=O)O)c1ccc(C#N)cc1C(F)(F)F. The molecule has 0 unspecified atom stereocenters. The first kappa shape index (κ1) is 15.6. The molecule has 7 heteroatoms. The summed E-state index contributed by atoms with van der Waals surface area (Å²) in [5, 5.41) is 17.7. The van der Waals surface area contributed by atoms with Crippen LogP contribution in [0.25, 0.3) is 5.57 Å². The van der Waals surface area contributed by atoms with Crippen molar-refractivity contribution in [3.63, 3.8) is 0 Å². The lowest BCUT2D eigenvalue weighted by molar-refractivity contribution is -0.137. The van der Waals surface area contributed by atoms with Crippen LogP contribution in [0.3, 0.4) is 0 Å². The summed E-state index contributed by atoms with van der Waals surface area (Å²) < 4.78 is 38.9. The number of hydrogen-bond donors (Lipinski definition) is 1. The summed E-state index contributed by atoms with van der Waals surface area (Å²) >= 11 is 0. The Morgan fingerprint density at radius 2 is 2.00 bits per heavy atom. The summed E-state index contributed by atoms with van der Waals surface area (Å²) in [7, 11) is 3.00. The lowest BCUT2D eigenvalue weighted by Crippen LogP contribution is -2.14. The van der Waals surface area contributed by atoms with E-state index in [-0.39, 0.29) is 5.56 Å². The van der Waals surface area contributed by atoms with Crippen LogP contribution in [-0.2, 0) is 11.0 Å². The fraction of sp³-hybridized carbons (Fsp3) is 0.231. The molecule has 1 aromatic rings. The van der Waals surface area contributed by atoms with Gasteiger partial charge in [-0.05, 0) is 12.1 Å². The standard InChI is InChI=1S/C13H11F3N2O2/c1-18(2)7-10(12(19)20)9-4-3-8(6-17)5-11(9)13(14,15)16/h3-5,7H,1-2H3,(H,19,20). The number of carbonyl (C=O) groups is 1. The number of hydrogen-bond acceptors (Lipinski definition) is 3. The van der Waals surface area contributed by atoms with E-state index in [4.69, 9.17) is 10.4 Å². The van der Waals surface area contributed by atoms with Crippen LogP contribution in [0.4, 0.5) is 13.2 Å². The van der Waals surface area contributed by atoms with E-state index in [1.54, 1.807) is 6.07 Å². The van der Waals surface area contributed by atoms with Gasteiger partial charge in [-0.2, -0.15) is 18.4 Å². The number of carboxylic acids is 1. The van der Waals surface area contributed by atoms with Crippen LogP contribution in [0, 0.1) is 11.3 Å². The predicted molar refractivity (Wildman–Crippen MR) is 65.5 cm³/mol. The number of nitriles is 1. The zero-order valence-electron chi connectivity index (χ0n) is 10.7. The van der Waals surface area contributed by atoms with Gasteiger partial charge >= 0.3 is 12.1 Å². The topological polar surface area (TPSA) is 64.3 Å². The predicted octanol–water partition coefficient (Wildman–Crippen LogP) is 2.56. The van der Waals surface area contributed by atoms with E-state index in [0.29, 0.717) is 6.07 Å². The van der Waals surface area contributed by atoms with Gasteiger partial charge in [0.2, 0.25) is 0 Å². The Morgan fingerprint density at radius 3 is 2.40 bits per heavy atom. The molecule has 1 aromatic carbocycles. The summed E-state index contributed by atoms with van der Waals surface area (Å²) in [6.07, 6.45) is -3.66. The molecule has 0 amide bonds. The van der Waals surface area contributed by atoms with Crippen molar-refractivity contribution in [2.24, 2.45) is 0 Å². The molecule has 1 N–H and O–H groups in total. The van der Waals surface area contributed by atoms with Gasteiger partial charge in [-0.3, -0.25) is 0 Å². The molecule has 0 saturated carbocycles. The number of aliphatic carboxylic acids is 1. The Hall–Kier alpha value is -2.49. The summed E-state index contributed by atoms with van der Waals surface area (Å²) in [4.78, 5) is 12.5. The number of rotatable bonds is 3. The maximum absolute atomic E-state index is 13.0. The van der Waals surface area contributed by atoms with Crippen molar-refractivity contribution in [3.05, 3.63) is 41.1 Å². The zero-order valence-corrected chi connectivity index (χ0v) is 10.7. The number of benzene rings is 1. The minimum Gasteiger partial charge on any atom is -0.478 e. The Morgan fingerprint density at radius 1 is 1.40 bits per heavy atom. The molecule has 0 atom stereocenters. The van der Waals surface area contributed by atoms with E-state index in [1.807, 2.05) is 0 Å². The maximum Gasteiger partial charge on any atom is 0.417 e. The van der Waals surface area contributed by atoms with E-state index in [0.717, 1.165) is 18.3 Å². The van der Waals surface area contributed by atoms with Crippen LogP contribution in [-0.4, -0.2) is 30.1 Å². The molecular weight excluding hydrogens is 273 g/mol. The van der Waals surface area contributed by atoms with Gasteiger partial charge in [-0.15, -0.1) is 0 Å². The molecule has 0 aliphatic carbocycles. The Balaban J connectivity index is 3.59. The van der Waals surface area contributed by atoms with Crippen LogP contribution in [0.15, 0.2) is 24.4 Å². The largest absolute Gasteiger partial charge is 0.478 e. The van der Waals surface area contributed by atoms with Gasteiger partial charge in [0, 0.05) is 25.9 Å². The Kier molecular flexibility index (Phi) is 4.40. The van der Waals surface area contributed by atoms with Gasteiger partial charge in [-0.1, -0.05) is 6.07 Å². The zero-order chi connectivity index (χ0) is 15.5. The minimum atomic E-state index is -4.75. The lowest BCUT2D eigenvalue weighted by atomic mass is 9.97. The van der Waals surface area contributed by atoms with Gasteiger partial charge in [0.25, 0.3) is 0 Å². The van der Waals surface area contributed by atoms with Crippen molar-refractivity contribution in [2.45, 2.75) is 6.18 Å². The van der Waals surface area contributed by atoms with Crippen molar-refractivity contribution in [1.82, 2.24) is 4.90 Å². The summed E-state index contributed by atoms with van der Waals surface area (Å²) in [5.74, 6) is -1.48. The van der Waals surface area contributed by atoms with Gasteiger partial charge in [0.1, 0.15) is 0 Å². The highest BCUT2D eigenvalue weighted by Crippen LogP contribution is 2.35. The fourth-order valence-corrected chi connectivity index (χ4v) is 1.58. The maximum atomic E-state index is 13.0. The van der Waals surface area contributed by atoms with Gasteiger partial charge in [0.05, 0.1) is 22.8 Å². The van der Waals surface area contributed by atoms with Crippen molar-refractivity contribution < 1.29 is 23.1 Å². The molecule has 20 heavy (non-hydrogen) atoms. The van der Waals surface area contributed by atoms with Gasteiger partial charge < -0.3 is 10.0 Å². The molecule has 0 aliphatic rings. The van der Waals surface area contributed by atoms with E-state index >= 15 is 0 Å². The third-order valence-corrected chi connectivity index (χ3v) is 2.36. The highest BCUT2D eigenvalue weighted by molar-refractivity contribution is 6.15. The smallest absolute Gasteiger partial charge is 0.417 e. The minimum absolute atomic E-state index is 0.185. The Labute approximate surface area is 113 Å². The molecule has 1 rings (SSSR count). The van der Waals surface area contributed by atoms with Crippen molar-refractivity contribution in [3.8, 4) is 6.07 Å². The second kappa shape index (κ2) is 5.65. The first-order valence-corrected chi connectivity index (χ1v) is 5.40. The fourth-order valence-electron chi connectivity index (χ4n) is 1.58. The van der Waals surface area contributed by atoms with Crippen LogP contribution in [0.5, 0.6) is 0 Å². The molecule has 106 valence electrons. The number of nitrogens with zero attached hydrogens (tertiary/aromatic N) is 2. The summed E-state index contributed by atoms with van der Waals surface area (Å²) in [6.45, 7) is 0. The molecule has 0 radical (unpaired) electrons. The van der Waals surface area contributed by atoms with Crippen molar-refractivity contribution in [2.75, 3.05) is 14.1 Å². The molecule has 4 nitrogen and oxygen atoms in total. The van der Waals surface area contributed by atoms with E-state index in [2.05, 4.69) is 0 Å².